The molecule has 0 fully saturated rings. The molecule has 0 amide bonds. The summed E-state index contributed by atoms with van der Waals surface area (Å²) in [5.74, 6) is 0. The minimum absolute atomic E-state index is 0. The molecular weight excluding hydrogens is 349 g/mol. The number of fused-ring (bicyclic) bond motifs is 1. The van der Waals surface area contributed by atoms with Crippen LogP contribution >= 0.6 is 0 Å². The van der Waals surface area contributed by atoms with E-state index in [-0.39, 0.29) is 94.1 Å². The van der Waals surface area contributed by atoms with Crippen LogP contribution in [0.3, 0.4) is 0 Å². The molecule has 0 aromatic heterocycles. The summed E-state index contributed by atoms with van der Waals surface area (Å²) in [5, 5.41) is 0.721. The van der Waals surface area contributed by atoms with Crippen LogP contribution in [0.5, 0.6) is 0 Å². The normalized spacial score (nSPS) is 11.0. The molecule has 0 aliphatic rings. The van der Waals surface area contributed by atoms with Gasteiger partial charge < -0.3 is 9.11 Å². The third-order valence-electron chi connectivity index (χ3n) is 2.36. The monoisotopic (exact) mass is 355 g/mol. The first kappa shape index (κ1) is 24.8. The molecule has 0 radical (unpaired) electrons. The first-order valence-electron chi connectivity index (χ1n) is 4.63. The summed E-state index contributed by atoms with van der Waals surface area (Å²) in [6.07, 6.45) is 0. The van der Waals surface area contributed by atoms with Crippen molar-refractivity contribution in [1.29, 1.82) is 0 Å². The smallest absolute Gasteiger partial charge is 0.744 e. The van der Waals surface area contributed by atoms with Gasteiger partial charge in [-0.3, -0.25) is 0 Å². The van der Waals surface area contributed by atoms with Crippen molar-refractivity contribution in [3.8, 4) is 0 Å². The second kappa shape index (κ2) is 9.12. The van der Waals surface area contributed by atoms with E-state index in [2.05, 4.69) is 0 Å². The minimum atomic E-state index is -4.62. The molecule has 21 heavy (non-hydrogen) atoms. The molecule has 96 valence electrons. The van der Waals surface area contributed by atoms with Gasteiger partial charge in [-0.1, -0.05) is 12.1 Å². The Balaban J connectivity index is 0. The van der Waals surface area contributed by atoms with Gasteiger partial charge in [0.1, 0.15) is 20.2 Å². The Kier molecular flexibility index (Phi) is 10.8. The van der Waals surface area contributed by atoms with E-state index in [0.717, 1.165) is 24.3 Å². The van der Waals surface area contributed by atoms with Gasteiger partial charge in [-0.05, 0) is 35.0 Å². The standard InChI is InChI=1S/C10H8O6S2.3Na/c11-17(12,13)9-3-1-7-2-4-10(18(14,15)16)6-8(7)5-9;;;/h1-6H,(H,11,12,13)(H,14,15,16);;;/q;3*+1/p-2. The molecule has 0 bridgehead atoms. The zero-order valence-electron chi connectivity index (χ0n) is 11.7. The topological polar surface area (TPSA) is 114 Å². The van der Waals surface area contributed by atoms with Crippen molar-refractivity contribution in [2.45, 2.75) is 9.79 Å². The van der Waals surface area contributed by atoms with Crippen molar-refractivity contribution in [3.05, 3.63) is 36.4 Å². The van der Waals surface area contributed by atoms with Gasteiger partial charge in [0.2, 0.25) is 0 Å². The molecule has 2 rings (SSSR count). The van der Waals surface area contributed by atoms with Crippen molar-refractivity contribution >= 4 is 31.0 Å². The molecule has 0 atom stereocenters. The van der Waals surface area contributed by atoms with Crippen LogP contribution in [0, 0.1) is 0 Å². The SMILES string of the molecule is O=S(=O)([O-])c1ccc2ccc(S(=O)(=O)[O-])cc2c1.[Na+].[Na+].[Na+]. The molecule has 11 heteroatoms. The van der Waals surface area contributed by atoms with E-state index in [9.17, 15) is 25.9 Å². The molecule has 0 aliphatic heterocycles. The van der Waals surface area contributed by atoms with Gasteiger partial charge in [-0.2, -0.15) is 0 Å². The number of rotatable bonds is 2. The Morgan fingerprint density at radius 3 is 1.24 bits per heavy atom. The maximum absolute atomic E-state index is 10.8. The van der Waals surface area contributed by atoms with Crippen LogP contribution in [0.1, 0.15) is 0 Å². The summed E-state index contributed by atoms with van der Waals surface area (Å²) < 4.78 is 64.9. The van der Waals surface area contributed by atoms with Gasteiger partial charge in [0, 0.05) is 0 Å². The molecule has 0 N–H and O–H groups in total. The van der Waals surface area contributed by atoms with Gasteiger partial charge in [0.05, 0.1) is 9.79 Å². The van der Waals surface area contributed by atoms with Crippen LogP contribution in [-0.2, 0) is 20.2 Å². The Labute approximate surface area is 189 Å². The van der Waals surface area contributed by atoms with Crippen molar-refractivity contribution < 1.29 is 115 Å². The molecule has 0 heterocycles. The summed E-state index contributed by atoms with van der Waals surface area (Å²) in [7, 11) is -9.24. The molecule has 0 unspecified atom stereocenters. The van der Waals surface area contributed by atoms with Gasteiger partial charge >= 0.3 is 88.7 Å². The van der Waals surface area contributed by atoms with Crippen molar-refractivity contribution in [1.82, 2.24) is 0 Å². The largest absolute Gasteiger partial charge is 1.00 e. The van der Waals surface area contributed by atoms with Crippen molar-refractivity contribution in [2.75, 3.05) is 0 Å². The van der Waals surface area contributed by atoms with Crippen molar-refractivity contribution in [3.63, 3.8) is 0 Å². The first-order valence-corrected chi connectivity index (χ1v) is 7.45. The van der Waals surface area contributed by atoms with E-state index in [1.54, 1.807) is 0 Å². The molecule has 6 nitrogen and oxygen atoms in total. The Hall–Kier alpha value is 1.52. The number of hydrogen-bond donors (Lipinski definition) is 0. The molecule has 0 spiro atoms. The molecule has 0 aliphatic carbocycles. The molecule has 0 saturated heterocycles. The van der Waals surface area contributed by atoms with Gasteiger partial charge in [-0.15, -0.1) is 0 Å². The Morgan fingerprint density at radius 1 is 0.619 bits per heavy atom. The minimum Gasteiger partial charge on any atom is -0.744 e. The van der Waals surface area contributed by atoms with E-state index in [1.165, 1.54) is 12.1 Å². The Bertz CT molecular complexity index is 766. The van der Waals surface area contributed by atoms with Crippen LogP contribution < -0.4 is 88.7 Å². The summed E-state index contributed by atoms with van der Waals surface area (Å²) >= 11 is 0. The van der Waals surface area contributed by atoms with E-state index in [1.807, 2.05) is 0 Å². The number of hydrogen-bond acceptors (Lipinski definition) is 6. The van der Waals surface area contributed by atoms with E-state index in [0.29, 0.717) is 5.39 Å². The first-order chi connectivity index (χ1) is 8.18. The summed E-state index contributed by atoms with van der Waals surface area (Å²) in [6, 6.07) is 7.04. The third-order valence-corrected chi connectivity index (χ3v) is 4.02. The molecular formula is C10H6Na3O6S2+. The maximum atomic E-state index is 10.8. The maximum Gasteiger partial charge on any atom is 1.00 e. The fraction of sp³-hybridized carbons (Fsp3) is 0. The van der Waals surface area contributed by atoms with Crippen LogP contribution in [0.4, 0.5) is 0 Å². The Morgan fingerprint density at radius 2 is 0.952 bits per heavy atom. The molecule has 2 aromatic rings. The predicted octanol–water partition coefficient (Wildman–Crippen LogP) is -8.34. The average Bonchev–Trinajstić information content (AvgIpc) is 2.25. The van der Waals surface area contributed by atoms with E-state index in [4.69, 9.17) is 0 Å². The quantitative estimate of drug-likeness (QED) is 0.390. The van der Waals surface area contributed by atoms with Crippen LogP contribution in [0.15, 0.2) is 46.2 Å². The fourth-order valence-corrected chi connectivity index (χ4v) is 2.53. The summed E-state index contributed by atoms with van der Waals surface area (Å²) in [6.45, 7) is 0. The van der Waals surface area contributed by atoms with Gasteiger partial charge in [0.15, 0.2) is 0 Å². The van der Waals surface area contributed by atoms with Crippen LogP contribution in [0.25, 0.3) is 10.8 Å². The molecule has 2 aromatic carbocycles. The number of benzene rings is 2. The average molecular weight is 355 g/mol. The zero-order valence-corrected chi connectivity index (χ0v) is 19.4. The van der Waals surface area contributed by atoms with Gasteiger partial charge in [0.25, 0.3) is 0 Å². The van der Waals surface area contributed by atoms with Gasteiger partial charge in [-0.25, -0.2) is 16.8 Å². The fourth-order valence-electron chi connectivity index (χ4n) is 1.51. The van der Waals surface area contributed by atoms with Crippen LogP contribution in [-0.4, -0.2) is 25.9 Å². The van der Waals surface area contributed by atoms with Crippen molar-refractivity contribution in [2.24, 2.45) is 0 Å². The van der Waals surface area contributed by atoms with Crippen LogP contribution in [0.2, 0.25) is 0 Å². The second-order valence-corrected chi connectivity index (χ2v) is 6.34. The third kappa shape index (κ3) is 6.50. The van der Waals surface area contributed by atoms with E-state index < -0.39 is 30.0 Å². The second-order valence-electron chi connectivity index (χ2n) is 3.58. The zero-order chi connectivity index (χ0) is 13.6. The molecule has 0 saturated carbocycles. The summed E-state index contributed by atoms with van der Waals surface area (Å²) in [5.41, 5.74) is 0. The van der Waals surface area contributed by atoms with E-state index >= 15 is 0 Å². The predicted molar refractivity (Wildman–Crippen MR) is 59.9 cm³/mol. The summed E-state index contributed by atoms with van der Waals surface area (Å²) in [4.78, 5) is -0.953.